The van der Waals surface area contributed by atoms with Crippen LogP contribution in [0.3, 0.4) is 0 Å². The molecule has 3 saturated carbocycles. The van der Waals surface area contributed by atoms with Gasteiger partial charge in [-0.3, -0.25) is 4.79 Å². The van der Waals surface area contributed by atoms with Crippen LogP contribution >= 0.6 is 0 Å². The Morgan fingerprint density at radius 2 is 1.93 bits per heavy atom. The van der Waals surface area contributed by atoms with Crippen LogP contribution in [0, 0.1) is 40.4 Å². The van der Waals surface area contributed by atoms with Gasteiger partial charge in [-0.05, 0) is 98.2 Å². The third-order valence-corrected chi connectivity index (χ3v) is 9.96. The molecule has 30 heavy (non-hydrogen) atoms. The van der Waals surface area contributed by atoms with E-state index in [1.165, 1.54) is 39.0 Å². The van der Waals surface area contributed by atoms with Crippen LogP contribution in [0.2, 0.25) is 0 Å². The van der Waals surface area contributed by atoms with Crippen LogP contribution in [0.1, 0.15) is 91.9 Å². The first kappa shape index (κ1) is 21.9. The van der Waals surface area contributed by atoms with E-state index in [9.17, 15) is 14.7 Å². The Labute approximate surface area is 181 Å². The van der Waals surface area contributed by atoms with Crippen molar-refractivity contribution in [3.63, 3.8) is 0 Å². The number of aliphatic carboxylic acids is 1. The highest BCUT2D eigenvalue weighted by molar-refractivity contribution is 5.66. The molecule has 0 aliphatic heterocycles. The van der Waals surface area contributed by atoms with Gasteiger partial charge in [0.1, 0.15) is 6.10 Å². The maximum Gasteiger partial charge on any atom is 0.302 e. The molecule has 168 valence electrons. The van der Waals surface area contributed by atoms with Gasteiger partial charge in [0.25, 0.3) is 0 Å². The predicted octanol–water partition coefficient (Wildman–Crippen LogP) is 4.66. The predicted molar refractivity (Wildman–Crippen MR) is 114 cm³/mol. The first-order chi connectivity index (χ1) is 14.1. The second kappa shape index (κ2) is 7.98. The Kier molecular flexibility index (Phi) is 5.83. The van der Waals surface area contributed by atoms with Gasteiger partial charge in [0, 0.05) is 19.3 Å². The summed E-state index contributed by atoms with van der Waals surface area (Å²) in [6.45, 7) is 8.78. The zero-order chi connectivity index (χ0) is 21.7. The van der Waals surface area contributed by atoms with E-state index in [0.29, 0.717) is 17.3 Å². The van der Waals surface area contributed by atoms with Crippen molar-refractivity contribution in [3.8, 4) is 0 Å². The zero-order valence-corrected chi connectivity index (χ0v) is 19.2. The minimum Gasteiger partial charge on any atom is -0.550 e. The third-order valence-electron chi connectivity index (χ3n) is 9.96. The molecule has 4 nitrogen and oxygen atoms in total. The molecule has 3 fully saturated rings. The van der Waals surface area contributed by atoms with Crippen molar-refractivity contribution in [1.29, 1.82) is 0 Å². The Balaban J connectivity index is 1.51. The Bertz CT molecular complexity index is 727. The van der Waals surface area contributed by atoms with E-state index in [1.807, 2.05) is 0 Å². The summed E-state index contributed by atoms with van der Waals surface area (Å²) in [5, 5.41) is 11.0. The second-order valence-corrected chi connectivity index (χ2v) is 11.3. The van der Waals surface area contributed by atoms with Gasteiger partial charge in [0.15, 0.2) is 0 Å². The minimum atomic E-state index is -0.910. The minimum absolute atomic E-state index is 0.0627. The number of hydrogen-bond donors (Lipinski definition) is 0. The second-order valence-electron chi connectivity index (χ2n) is 11.3. The quantitative estimate of drug-likeness (QED) is 0.484. The summed E-state index contributed by atoms with van der Waals surface area (Å²) in [7, 11) is 0. The van der Waals surface area contributed by atoms with Crippen LogP contribution in [0.15, 0.2) is 11.6 Å². The summed E-state index contributed by atoms with van der Waals surface area (Å²) < 4.78 is 5.56. The van der Waals surface area contributed by atoms with Gasteiger partial charge < -0.3 is 14.6 Å². The summed E-state index contributed by atoms with van der Waals surface area (Å²) >= 11 is 0. The van der Waals surface area contributed by atoms with Gasteiger partial charge in [0.2, 0.25) is 0 Å². The number of fused-ring (bicyclic) bond motifs is 5. The Morgan fingerprint density at radius 1 is 1.17 bits per heavy atom. The number of carbonyl (C=O) groups is 2. The molecule has 4 heteroatoms. The SMILES string of the molecule is CC(=O)O[C@@H]1CC[C@@]2(C)C(=CC[C@H]3[C@H]4CC[C@H]([C@H](C)CCC(=O)[O-])[C@@]4(C)CC[C@H]32)C1. The van der Waals surface area contributed by atoms with E-state index in [1.54, 1.807) is 5.57 Å². The van der Waals surface area contributed by atoms with Crippen LogP contribution in [-0.4, -0.2) is 18.0 Å². The fourth-order valence-electron chi connectivity index (χ4n) is 8.48. The molecule has 0 aromatic rings. The lowest BCUT2D eigenvalue weighted by molar-refractivity contribution is -0.306. The van der Waals surface area contributed by atoms with Gasteiger partial charge in [-0.25, -0.2) is 0 Å². The van der Waals surface area contributed by atoms with E-state index in [0.717, 1.165) is 43.4 Å². The largest absolute Gasteiger partial charge is 0.550 e. The molecule has 4 rings (SSSR count). The van der Waals surface area contributed by atoms with Crippen molar-refractivity contribution >= 4 is 11.9 Å². The molecule has 0 bridgehead atoms. The number of carboxylic acid groups (broad SMARTS) is 1. The molecule has 4 aliphatic carbocycles. The smallest absolute Gasteiger partial charge is 0.302 e. The van der Waals surface area contributed by atoms with Crippen molar-refractivity contribution in [2.75, 3.05) is 0 Å². The third kappa shape index (κ3) is 3.62. The van der Waals surface area contributed by atoms with Crippen LogP contribution in [0.5, 0.6) is 0 Å². The first-order valence-corrected chi connectivity index (χ1v) is 12.2. The van der Waals surface area contributed by atoms with E-state index in [-0.39, 0.29) is 23.9 Å². The highest BCUT2D eigenvalue weighted by Gasteiger charge is 2.59. The number of ether oxygens (including phenoxy) is 1. The number of carboxylic acids is 1. The number of esters is 1. The van der Waals surface area contributed by atoms with Gasteiger partial charge in [-0.15, -0.1) is 0 Å². The summed E-state index contributed by atoms with van der Waals surface area (Å²) in [4.78, 5) is 22.4. The highest BCUT2D eigenvalue weighted by atomic mass is 16.5. The normalized spacial score (nSPS) is 43.6. The Morgan fingerprint density at radius 3 is 2.63 bits per heavy atom. The molecule has 0 N–H and O–H groups in total. The maximum absolute atomic E-state index is 11.4. The molecule has 4 aliphatic rings. The van der Waals surface area contributed by atoms with Gasteiger partial charge >= 0.3 is 5.97 Å². The lowest BCUT2D eigenvalue weighted by Crippen LogP contribution is -2.51. The van der Waals surface area contributed by atoms with Crippen molar-refractivity contribution in [2.24, 2.45) is 40.4 Å². The molecular formula is C26H39O4-. The molecule has 0 amide bonds. The fourth-order valence-corrected chi connectivity index (χ4v) is 8.48. The zero-order valence-electron chi connectivity index (χ0n) is 19.2. The van der Waals surface area contributed by atoms with Crippen molar-refractivity contribution in [1.82, 2.24) is 0 Å². The van der Waals surface area contributed by atoms with Crippen molar-refractivity contribution < 1.29 is 19.4 Å². The lowest BCUT2D eigenvalue weighted by Gasteiger charge is -2.58. The van der Waals surface area contributed by atoms with Crippen LogP contribution in [0.4, 0.5) is 0 Å². The average molecular weight is 416 g/mol. The van der Waals surface area contributed by atoms with Gasteiger partial charge in [-0.2, -0.15) is 0 Å². The topological polar surface area (TPSA) is 66.4 Å². The molecular weight excluding hydrogens is 376 g/mol. The van der Waals surface area contributed by atoms with Crippen molar-refractivity contribution in [2.45, 2.75) is 98.0 Å². The fraction of sp³-hybridized carbons (Fsp3) is 0.846. The molecule has 0 aromatic carbocycles. The monoisotopic (exact) mass is 415 g/mol. The Hall–Kier alpha value is -1.32. The van der Waals surface area contributed by atoms with Crippen LogP contribution in [0.25, 0.3) is 0 Å². The van der Waals surface area contributed by atoms with Crippen LogP contribution in [-0.2, 0) is 14.3 Å². The maximum atomic E-state index is 11.4. The molecule has 0 saturated heterocycles. The molecule has 8 atom stereocenters. The summed E-state index contributed by atoms with van der Waals surface area (Å²) in [6, 6.07) is 0. The van der Waals surface area contributed by atoms with E-state index < -0.39 is 5.97 Å². The molecule has 0 aromatic heterocycles. The number of allylic oxidation sites excluding steroid dienone is 1. The number of hydrogen-bond acceptors (Lipinski definition) is 4. The van der Waals surface area contributed by atoms with E-state index >= 15 is 0 Å². The first-order valence-electron chi connectivity index (χ1n) is 12.2. The standard InChI is InChI=1S/C26H40O4/c1-16(5-10-24(28)29)21-8-9-22-20-7-6-18-15-19(30-17(2)27)11-13-25(18,3)23(20)12-14-26(21,22)4/h6,16,19-23H,5,7-15H2,1-4H3,(H,28,29)/p-1/t16-,19-,20+,21-,22-,23-,25+,26-/m1/s1. The molecule has 0 unspecified atom stereocenters. The van der Waals surface area contributed by atoms with Gasteiger partial charge in [-0.1, -0.05) is 32.4 Å². The number of rotatable bonds is 5. The average Bonchev–Trinajstić information content (AvgIpc) is 3.03. The van der Waals surface area contributed by atoms with Crippen molar-refractivity contribution in [3.05, 3.63) is 11.6 Å². The highest BCUT2D eigenvalue weighted by Crippen LogP contribution is 2.67. The summed E-state index contributed by atoms with van der Waals surface area (Å²) in [5.74, 6) is 2.28. The van der Waals surface area contributed by atoms with Gasteiger partial charge in [0.05, 0.1) is 0 Å². The van der Waals surface area contributed by atoms with E-state index in [2.05, 4.69) is 26.8 Å². The van der Waals surface area contributed by atoms with Crippen LogP contribution < -0.4 is 5.11 Å². The summed E-state index contributed by atoms with van der Waals surface area (Å²) in [6.07, 6.45) is 12.8. The molecule has 0 radical (unpaired) electrons. The number of carbonyl (C=O) groups excluding carboxylic acids is 2. The molecule has 0 spiro atoms. The summed E-state index contributed by atoms with van der Waals surface area (Å²) in [5.41, 5.74) is 2.16. The molecule has 0 heterocycles. The lowest BCUT2D eigenvalue weighted by atomic mass is 9.47. The van der Waals surface area contributed by atoms with E-state index in [4.69, 9.17) is 4.74 Å².